The predicted molar refractivity (Wildman–Crippen MR) is 128 cm³/mol. The minimum atomic E-state index is -1.17. The number of halogens is 2. The van der Waals surface area contributed by atoms with Gasteiger partial charge in [0.15, 0.2) is 0 Å². The lowest BCUT2D eigenvalue weighted by molar-refractivity contribution is -0.130. The molecule has 2 aromatic rings. The highest BCUT2D eigenvalue weighted by Crippen LogP contribution is 2.24. The molecule has 2 aromatic carbocycles. The highest BCUT2D eigenvalue weighted by atomic mass is 127. The lowest BCUT2D eigenvalue weighted by Gasteiger charge is -2.34. The fraction of sp³-hybridized carbons (Fsp3) is 0.318. The van der Waals surface area contributed by atoms with E-state index >= 15 is 0 Å². The molecule has 0 aromatic heterocycles. The lowest BCUT2D eigenvalue weighted by Crippen LogP contribution is -2.56. The summed E-state index contributed by atoms with van der Waals surface area (Å²) in [5, 5.41) is 15.8. The van der Waals surface area contributed by atoms with Gasteiger partial charge in [-0.25, -0.2) is 4.79 Å². The Kier molecular flexibility index (Phi) is 7.77. The van der Waals surface area contributed by atoms with Gasteiger partial charge in [-0.05, 0) is 48.2 Å². The average Bonchev–Trinajstić information content (AvgIpc) is 2.74. The Bertz CT molecular complexity index is 1000. The Hall–Kier alpha value is -2.33. The first kappa shape index (κ1) is 23.3. The summed E-state index contributed by atoms with van der Waals surface area (Å²) >= 11 is 8.18. The number of alkyl halides is 1. The van der Waals surface area contributed by atoms with Gasteiger partial charge in [0.05, 0.1) is 6.54 Å². The molecule has 9 heteroatoms. The van der Waals surface area contributed by atoms with Crippen LogP contribution in [0.5, 0.6) is 0 Å². The molecule has 7 nitrogen and oxygen atoms in total. The Balaban J connectivity index is 1.75. The molecule has 0 saturated carbocycles. The molecule has 3 amide bonds. The van der Waals surface area contributed by atoms with Crippen molar-refractivity contribution in [2.45, 2.75) is 38.4 Å². The number of nitrogens with zero attached hydrogens (tertiary/aromatic N) is 1. The van der Waals surface area contributed by atoms with Gasteiger partial charge < -0.3 is 15.7 Å². The Labute approximate surface area is 199 Å². The van der Waals surface area contributed by atoms with Crippen LogP contribution in [0.3, 0.4) is 0 Å². The largest absolute Gasteiger partial charge is 0.465 e. The summed E-state index contributed by atoms with van der Waals surface area (Å²) < 4.78 is 0.645. The summed E-state index contributed by atoms with van der Waals surface area (Å²) in [6, 6.07) is 10.9. The number of rotatable bonds is 6. The average molecular weight is 556 g/mol. The molecule has 2 atom stereocenters. The molecule has 1 aliphatic rings. The number of hydrogen-bond acceptors (Lipinski definition) is 3. The number of carbonyl (C=O) groups is 3. The smallest absolute Gasteiger partial charge is 0.408 e. The fourth-order valence-electron chi connectivity index (χ4n) is 3.56. The van der Waals surface area contributed by atoms with Crippen molar-refractivity contribution in [3.8, 4) is 0 Å². The number of carbonyl (C=O) groups excluding carboxylic acids is 2. The maximum atomic E-state index is 13.0. The van der Waals surface area contributed by atoms with Crippen LogP contribution in [-0.2, 0) is 22.6 Å². The third-order valence-corrected chi connectivity index (χ3v) is 6.30. The van der Waals surface area contributed by atoms with Crippen molar-refractivity contribution in [1.29, 1.82) is 0 Å². The van der Waals surface area contributed by atoms with Crippen LogP contribution in [0.1, 0.15) is 23.1 Å². The molecule has 1 unspecified atom stereocenters. The number of amides is 3. The van der Waals surface area contributed by atoms with Crippen LogP contribution in [-0.4, -0.2) is 44.4 Å². The van der Waals surface area contributed by atoms with Crippen LogP contribution >= 0.6 is 34.2 Å². The molecule has 0 radical (unpaired) electrons. The topological polar surface area (TPSA) is 98.7 Å². The van der Waals surface area contributed by atoms with Gasteiger partial charge >= 0.3 is 6.09 Å². The van der Waals surface area contributed by atoms with Crippen LogP contribution in [0, 0.1) is 6.92 Å². The Morgan fingerprint density at radius 3 is 2.58 bits per heavy atom. The van der Waals surface area contributed by atoms with Crippen molar-refractivity contribution in [1.82, 2.24) is 10.2 Å². The first-order valence-electron chi connectivity index (χ1n) is 9.80. The summed E-state index contributed by atoms with van der Waals surface area (Å²) in [6.07, 6.45) is -0.481. The SMILES string of the molecule is Cc1cc(NC(=O)C(CCI)NC(=O)[C@@H]2Cc3ccccc3CN2C(=O)O)ccc1Cl. The molecule has 1 heterocycles. The van der Waals surface area contributed by atoms with E-state index in [2.05, 4.69) is 33.2 Å². The number of fused-ring (bicyclic) bond motifs is 1. The van der Waals surface area contributed by atoms with Crippen LogP contribution in [0.2, 0.25) is 5.02 Å². The molecule has 0 saturated heterocycles. The summed E-state index contributed by atoms with van der Waals surface area (Å²) in [7, 11) is 0. The van der Waals surface area contributed by atoms with Crippen molar-refractivity contribution in [3.63, 3.8) is 0 Å². The normalized spacial score (nSPS) is 16.2. The van der Waals surface area contributed by atoms with E-state index in [1.54, 1.807) is 18.2 Å². The summed E-state index contributed by atoms with van der Waals surface area (Å²) in [4.78, 5) is 38.8. The van der Waals surface area contributed by atoms with E-state index in [1.807, 2.05) is 31.2 Å². The maximum Gasteiger partial charge on any atom is 0.408 e. The van der Waals surface area contributed by atoms with E-state index in [9.17, 15) is 19.5 Å². The number of nitrogens with one attached hydrogen (secondary N) is 2. The van der Waals surface area contributed by atoms with Crippen LogP contribution in [0.25, 0.3) is 0 Å². The van der Waals surface area contributed by atoms with E-state index in [-0.39, 0.29) is 18.9 Å². The zero-order valence-corrected chi connectivity index (χ0v) is 19.8. The van der Waals surface area contributed by atoms with Crippen LogP contribution < -0.4 is 10.6 Å². The number of carboxylic acid groups (broad SMARTS) is 1. The van der Waals surface area contributed by atoms with E-state index < -0.39 is 24.1 Å². The fourth-order valence-corrected chi connectivity index (χ4v) is 4.30. The van der Waals surface area contributed by atoms with Gasteiger partial charge in [-0.15, -0.1) is 0 Å². The second-order valence-corrected chi connectivity index (χ2v) is 8.88. The van der Waals surface area contributed by atoms with Crippen LogP contribution in [0.15, 0.2) is 42.5 Å². The molecule has 0 fully saturated rings. The van der Waals surface area contributed by atoms with Gasteiger partial charge in [0.2, 0.25) is 11.8 Å². The molecular weight excluding hydrogens is 533 g/mol. The van der Waals surface area contributed by atoms with Crippen molar-refractivity contribution < 1.29 is 19.5 Å². The van der Waals surface area contributed by atoms with Gasteiger partial charge in [-0.3, -0.25) is 14.5 Å². The summed E-state index contributed by atoms with van der Waals surface area (Å²) in [5.41, 5.74) is 3.23. The lowest BCUT2D eigenvalue weighted by atomic mass is 9.93. The first-order valence-corrected chi connectivity index (χ1v) is 11.7. The molecular formula is C22H23ClIN3O4. The highest BCUT2D eigenvalue weighted by molar-refractivity contribution is 14.1. The highest BCUT2D eigenvalue weighted by Gasteiger charge is 2.36. The molecule has 0 aliphatic carbocycles. The van der Waals surface area contributed by atoms with Crippen molar-refractivity contribution in [2.24, 2.45) is 0 Å². The molecule has 164 valence electrons. The second kappa shape index (κ2) is 10.3. The van der Waals surface area contributed by atoms with E-state index in [0.29, 0.717) is 21.6 Å². The third kappa shape index (κ3) is 5.68. The van der Waals surface area contributed by atoms with E-state index in [0.717, 1.165) is 21.6 Å². The second-order valence-electron chi connectivity index (χ2n) is 7.39. The Morgan fingerprint density at radius 1 is 1.23 bits per heavy atom. The standard InChI is InChI=1S/C22H23ClIN3O4/c1-13-10-16(6-7-17(13)23)25-20(28)18(8-9-24)26-21(29)19-11-14-4-2-3-5-15(14)12-27(19)22(30)31/h2-7,10,18-19H,8-9,11-12H2,1H3,(H,25,28)(H,26,29)(H,30,31)/t18?,19-/m0/s1. The summed E-state index contributed by atoms with van der Waals surface area (Å²) in [5.74, 6) is -0.834. The summed E-state index contributed by atoms with van der Waals surface area (Å²) in [6.45, 7) is 1.97. The number of anilines is 1. The maximum absolute atomic E-state index is 13.0. The molecule has 31 heavy (non-hydrogen) atoms. The number of hydrogen-bond donors (Lipinski definition) is 3. The molecule has 1 aliphatic heterocycles. The number of benzene rings is 2. The monoisotopic (exact) mass is 555 g/mol. The minimum absolute atomic E-state index is 0.136. The predicted octanol–water partition coefficient (Wildman–Crippen LogP) is 4.00. The minimum Gasteiger partial charge on any atom is -0.465 e. The molecule has 0 bridgehead atoms. The zero-order chi connectivity index (χ0) is 22.5. The van der Waals surface area contributed by atoms with Crippen LogP contribution in [0.4, 0.5) is 10.5 Å². The first-order chi connectivity index (χ1) is 14.8. The van der Waals surface area contributed by atoms with Gasteiger partial charge in [0.1, 0.15) is 12.1 Å². The van der Waals surface area contributed by atoms with Gasteiger partial charge in [0.25, 0.3) is 0 Å². The van der Waals surface area contributed by atoms with Gasteiger partial charge in [-0.2, -0.15) is 0 Å². The van der Waals surface area contributed by atoms with Crippen molar-refractivity contribution >= 4 is 57.8 Å². The van der Waals surface area contributed by atoms with Crippen molar-refractivity contribution in [2.75, 3.05) is 9.74 Å². The van der Waals surface area contributed by atoms with Gasteiger partial charge in [-0.1, -0.05) is 58.5 Å². The molecule has 0 spiro atoms. The zero-order valence-electron chi connectivity index (χ0n) is 16.9. The molecule has 3 rings (SSSR count). The molecule has 3 N–H and O–H groups in total. The van der Waals surface area contributed by atoms with Gasteiger partial charge in [0, 0.05) is 21.6 Å². The third-order valence-electron chi connectivity index (χ3n) is 5.25. The number of aryl methyl sites for hydroxylation is 1. The van der Waals surface area contributed by atoms with E-state index in [1.165, 1.54) is 0 Å². The van der Waals surface area contributed by atoms with Crippen molar-refractivity contribution in [3.05, 3.63) is 64.2 Å². The van der Waals surface area contributed by atoms with E-state index in [4.69, 9.17) is 11.6 Å². The quantitative estimate of drug-likeness (QED) is 0.371. The Morgan fingerprint density at radius 2 is 1.94 bits per heavy atom.